The molecule has 2 heteroatoms. The smallest absolute Gasteiger partial charge is 0.126 e. The van der Waals surface area contributed by atoms with Crippen LogP contribution in [0.15, 0.2) is 69.3 Å². The molecule has 0 aliphatic carbocycles. The molecule has 2 aromatic carbocycles. The van der Waals surface area contributed by atoms with Gasteiger partial charge in [0, 0.05) is 4.90 Å². The molecule has 0 fully saturated rings. The van der Waals surface area contributed by atoms with Gasteiger partial charge in [0.25, 0.3) is 0 Å². The predicted molar refractivity (Wildman–Crippen MR) is 93.0 cm³/mol. The lowest BCUT2D eigenvalue weighted by molar-refractivity contribution is 1.09. The van der Waals surface area contributed by atoms with Crippen molar-refractivity contribution in [2.45, 2.75) is 41.4 Å². The van der Waals surface area contributed by atoms with Crippen molar-refractivity contribution in [1.82, 2.24) is 0 Å². The van der Waals surface area contributed by atoms with Gasteiger partial charge in [-0.05, 0) is 55.0 Å². The minimum atomic E-state index is 0.225. The molecule has 2 aromatic rings. The Labute approximate surface area is 130 Å². The molecule has 0 saturated carbocycles. The van der Waals surface area contributed by atoms with Gasteiger partial charge in [0.2, 0.25) is 0 Å². The van der Waals surface area contributed by atoms with E-state index in [0.29, 0.717) is 0 Å². The predicted octanol–water partition coefficient (Wildman–Crippen LogP) is 5.64. The average molecular weight is 304 g/mol. The standard InChI is InChI=1S/C18H23S2/c1-3-14-19-16-10-12-18(13-11-16)20(15-4-2)17-8-6-5-7-9-17/h5-13H,3-4,14-15H2,1-2H3/q+1. The summed E-state index contributed by atoms with van der Waals surface area (Å²) in [4.78, 5) is 4.32. The molecule has 1 atom stereocenters. The third-order valence-corrected chi connectivity index (χ3v) is 6.73. The fraction of sp³-hybridized carbons (Fsp3) is 0.333. The second-order valence-electron chi connectivity index (χ2n) is 4.73. The molecule has 0 saturated heterocycles. The molecular formula is C18H23S2+. The summed E-state index contributed by atoms with van der Waals surface area (Å²) < 4.78 is 0. The van der Waals surface area contributed by atoms with Crippen molar-refractivity contribution in [2.75, 3.05) is 11.5 Å². The Bertz CT molecular complexity index is 491. The van der Waals surface area contributed by atoms with Gasteiger partial charge in [0.1, 0.15) is 5.75 Å². The number of thioether (sulfide) groups is 1. The molecule has 106 valence electrons. The second-order valence-corrected chi connectivity index (χ2v) is 8.03. The van der Waals surface area contributed by atoms with Crippen LogP contribution in [0.5, 0.6) is 0 Å². The van der Waals surface area contributed by atoms with Crippen LogP contribution in [0.25, 0.3) is 0 Å². The Kier molecular flexibility index (Phi) is 6.55. The monoisotopic (exact) mass is 303 g/mol. The summed E-state index contributed by atoms with van der Waals surface area (Å²) in [5.41, 5.74) is 0. The zero-order chi connectivity index (χ0) is 14.2. The second kappa shape index (κ2) is 8.43. The van der Waals surface area contributed by atoms with E-state index in [9.17, 15) is 0 Å². The lowest BCUT2D eigenvalue weighted by atomic mass is 10.4. The van der Waals surface area contributed by atoms with Crippen molar-refractivity contribution in [1.29, 1.82) is 0 Å². The largest absolute Gasteiger partial charge is 0.160 e. The van der Waals surface area contributed by atoms with Crippen molar-refractivity contribution >= 4 is 22.7 Å². The maximum absolute atomic E-state index is 2.32. The Balaban J connectivity index is 2.17. The quantitative estimate of drug-likeness (QED) is 0.471. The van der Waals surface area contributed by atoms with E-state index in [-0.39, 0.29) is 10.9 Å². The van der Waals surface area contributed by atoms with Crippen molar-refractivity contribution < 1.29 is 0 Å². The molecule has 0 nitrogen and oxygen atoms in total. The molecule has 0 heterocycles. The van der Waals surface area contributed by atoms with Crippen molar-refractivity contribution in [2.24, 2.45) is 0 Å². The highest BCUT2D eigenvalue weighted by molar-refractivity contribution is 7.99. The zero-order valence-electron chi connectivity index (χ0n) is 12.3. The van der Waals surface area contributed by atoms with Crippen LogP contribution in [-0.2, 0) is 10.9 Å². The van der Waals surface area contributed by atoms with E-state index in [1.54, 1.807) is 0 Å². The number of hydrogen-bond acceptors (Lipinski definition) is 1. The van der Waals surface area contributed by atoms with Crippen LogP contribution in [-0.4, -0.2) is 11.5 Å². The first-order valence-corrected chi connectivity index (χ1v) is 9.72. The highest BCUT2D eigenvalue weighted by atomic mass is 32.2. The van der Waals surface area contributed by atoms with Gasteiger partial charge < -0.3 is 0 Å². The Hall–Kier alpha value is -0.860. The molecule has 1 unspecified atom stereocenters. The Morgan fingerprint density at radius 3 is 2.05 bits per heavy atom. The van der Waals surface area contributed by atoms with Gasteiger partial charge in [-0.25, -0.2) is 0 Å². The summed E-state index contributed by atoms with van der Waals surface area (Å²) in [5, 5.41) is 0. The van der Waals surface area contributed by atoms with Gasteiger partial charge in [0.15, 0.2) is 9.79 Å². The molecule has 0 bridgehead atoms. The third-order valence-electron chi connectivity index (χ3n) is 3.02. The maximum Gasteiger partial charge on any atom is 0.160 e. The number of rotatable bonds is 7. The van der Waals surface area contributed by atoms with E-state index in [2.05, 4.69) is 68.4 Å². The molecular weight excluding hydrogens is 280 g/mol. The molecule has 0 aromatic heterocycles. The van der Waals surface area contributed by atoms with E-state index in [0.717, 1.165) is 0 Å². The van der Waals surface area contributed by atoms with Crippen molar-refractivity contribution in [3.8, 4) is 0 Å². The SMILES string of the molecule is CCCSc1ccc([S+](CCC)c2ccccc2)cc1. The van der Waals surface area contributed by atoms with Gasteiger partial charge in [-0.15, -0.1) is 11.8 Å². The minimum absolute atomic E-state index is 0.225. The van der Waals surface area contributed by atoms with E-state index < -0.39 is 0 Å². The first-order chi connectivity index (χ1) is 9.85. The van der Waals surface area contributed by atoms with Crippen LogP contribution in [0.4, 0.5) is 0 Å². The van der Waals surface area contributed by atoms with Gasteiger partial charge in [-0.1, -0.05) is 32.0 Å². The molecule has 0 N–H and O–H groups in total. The van der Waals surface area contributed by atoms with Crippen molar-refractivity contribution in [3.63, 3.8) is 0 Å². The molecule has 0 radical (unpaired) electrons. The summed E-state index contributed by atoms with van der Waals surface area (Å²) in [5.74, 6) is 2.45. The Morgan fingerprint density at radius 1 is 0.800 bits per heavy atom. The zero-order valence-corrected chi connectivity index (χ0v) is 14.0. The molecule has 0 amide bonds. The molecule has 20 heavy (non-hydrogen) atoms. The van der Waals surface area contributed by atoms with Crippen LogP contribution < -0.4 is 0 Å². The topological polar surface area (TPSA) is 0 Å². The highest BCUT2D eigenvalue weighted by Crippen LogP contribution is 2.27. The lowest BCUT2D eigenvalue weighted by Crippen LogP contribution is -2.08. The summed E-state index contributed by atoms with van der Waals surface area (Å²) in [6.07, 6.45) is 2.46. The molecule has 0 aliphatic rings. The van der Waals surface area contributed by atoms with Crippen LogP contribution in [0, 0.1) is 0 Å². The Morgan fingerprint density at radius 2 is 1.45 bits per heavy atom. The van der Waals surface area contributed by atoms with Gasteiger partial charge >= 0.3 is 0 Å². The van der Waals surface area contributed by atoms with Gasteiger partial charge in [-0.3, -0.25) is 0 Å². The average Bonchev–Trinajstić information content (AvgIpc) is 2.52. The van der Waals surface area contributed by atoms with Crippen LogP contribution in [0.2, 0.25) is 0 Å². The maximum atomic E-state index is 2.32. The van der Waals surface area contributed by atoms with E-state index in [1.807, 2.05) is 11.8 Å². The van der Waals surface area contributed by atoms with E-state index in [4.69, 9.17) is 0 Å². The summed E-state index contributed by atoms with van der Waals surface area (Å²) in [6, 6.07) is 20.1. The fourth-order valence-electron chi connectivity index (χ4n) is 2.08. The van der Waals surface area contributed by atoms with Crippen LogP contribution >= 0.6 is 11.8 Å². The van der Waals surface area contributed by atoms with E-state index in [1.165, 1.54) is 39.0 Å². The first-order valence-electron chi connectivity index (χ1n) is 7.34. The van der Waals surface area contributed by atoms with Crippen LogP contribution in [0.3, 0.4) is 0 Å². The molecule has 0 spiro atoms. The fourth-order valence-corrected chi connectivity index (χ4v) is 4.95. The van der Waals surface area contributed by atoms with Crippen molar-refractivity contribution in [3.05, 3.63) is 54.6 Å². The lowest BCUT2D eigenvalue weighted by Gasteiger charge is -2.08. The molecule has 0 aliphatic heterocycles. The summed E-state index contributed by atoms with van der Waals surface area (Å²) >= 11 is 1.95. The summed E-state index contributed by atoms with van der Waals surface area (Å²) in [7, 11) is 0.225. The minimum Gasteiger partial charge on any atom is -0.126 e. The van der Waals surface area contributed by atoms with Crippen LogP contribution in [0.1, 0.15) is 26.7 Å². The van der Waals surface area contributed by atoms with Gasteiger partial charge in [0.05, 0.1) is 10.9 Å². The highest BCUT2D eigenvalue weighted by Gasteiger charge is 2.23. The van der Waals surface area contributed by atoms with E-state index >= 15 is 0 Å². The number of hydrogen-bond donors (Lipinski definition) is 0. The summed E-state index contributed by atoms with van der Waals surface area (Å²) in [6.45, 7) is 4.50. The normalized spacial score (nSPS) is 12.3. The first kappa shape index (κ1) is 15.5. The molecule has 2 rings (SSSR count). The number of benzene rings is 2. The van der Waals surface area contributed by atoms with Gasteiger partial charge in [-0.2, -0.15) is 0 Å². The third kappa shape index (κ3) is 4.32.